The van der Waals surface area contributed by atoms with Crippen molar-refractivity contribution in [2.24, 2.45) is 5.73 Å². The van der Waals surface area contributed by atoms with E-state index in [2.05, 4.69) is 10.3 Å². The molecule has 2 aromatic rings. The van der Waals surface area contributed by atoms with E-state index >= 15 is 0 Å². The van der Waals surface area contributed by atoms with Gasteiger partial charge in [-0.15, -0.1) is 0 Å². The van der Waals surface area contributed by atoms with E-state index in [0.717, 1.165) is 12.1 Å². The van der Waals surface area contributed by atoms with Gasteiger partial charge in [-0.25, -0.2) is 4.98 Å². The van der Waals surface area contributed by atoms with Crippen molar-refractivity contribution >= 4 is 23.4 Å². The van der Waals surface area contributed by atoms with Crippen molar-refractivity contribution in [1.29, 1.82) is 0 Å². The first kappa shape index (κ1) is 18.7. The highest BCUT2D eigenvalue weighted by Crippen LogP contribution is 2.31. The predicted octanol–water partition coefficient (Wildman–Crippen LogP) is 2.58. The first-order chi connectivity index (χ1) is 11.7. The van der Waals surface area contributed by atoms with E-state index in [9.17, 15) is 22.8 Å². The number of primary amides is 1. The van der Waals surface area contributed by atoms with Gasteiger partial charge in [-0.1, -0.05) is 29.8 Å². The van der Waals surface area contributed by atoms with Crippen molar-refractivity contribution in [3.8, 4) is 0 Å². The molecule has 0 aliphatic rings. The minimum absolute atomic E-state index is 0.0283. The van der Waals surface area contributed by atoms with Crippen LogP contribution in [0.2, 0.25) is 5.15 Å². The lowest BCUT2D eigenvalue weighted by Gasteiger charge is -2.17. The summed E-state index contributed by atoms with van der Waals surface area (Å²) in [6.07, 6.45) is -3.34. The van der Waals surface area contributed by atoms with Crippen LogP contribution in [0.5, 0.6) is 0 Å². The topological polar surface area (TPSA) is 85.1 Å². The SMILES string of the molecule is NC(=O)[C@H](Cc1ccc(Cl)nc1)NC(=O)c1ccccc1C(F)(F)F. The number of nitrogens with two attached hydrogens (primary N) is 1. The van der Waals surface area contributed by atoms with Crippen molar-refractivity contribution in [3.05, 3.63) is 64.4 Å². The molecule has 1 atom stereocenters. The first-order valence-corrected chi connectivity index (χ1v) is 7.43. The van der Waals surface area contributed by atoms with Gasteiger partial charge in [0.2, 0.25) is 5.91 Å². The van der Waals surface area contributed by atoms with E-state index in [-0.39, 0.29) is 11.6 Å². The Kier molecular flexibility index (Phi) is 5.63. The number of carbonyl (C=O) groups is 2. The highest BCUT2D eigenvalue weighted by molar-refractivity contribution is 6.29. The maximum Gasteiger partial charge on any atom is 0.417 e. The summed E-state index contributed by atoms with van der Waals surface area (Å²) in [5.74, 6) is -1.92. The van der Waals surface area contributed by atoms with Gasteiger partial charge in [-0.3, -0.25) is 9.59 Å². The van der Waals surface area contributed by atoms with E-state index in [1.165, 1.54) is 24.4 Å². The Bertz CT molecular complexity index is 779. The number of benzene rings is 1. The van der Waals surface area contributed by atoms with Gasteiger partial charge >= 0.3 is 6.18 Å². The van der Waals surface area contributed by atoms with Gasteiger partial charge in [0.25, 0.3) is 5.91 Å². The van der Waals surface area contributed by atoms with Crippen LogP contribution in [0.4, 0.5) is 13.2 Å². The molecule has 25 heavy (non-hydrogen) atoms. The van der Waals surface area contributed by atoms with Crippen LogP contribution in [0.15, 0.2) is 42.6 Å². The standard InChI is InChI=1S/C16H13ClF3N3O2/c17-13-6-5-9(8-22-13)7-12(14(21)24)23-15(25)10-3-1-2-4-11(10)16(18,19)20/h1-6,8,12H,7H2,(H2,21,24)(H,23,25)/t12-/m0/s1. The van der Waals surface area contributed by atoms with E-state index < -0.39 is 35.2 Å². The number of pyridine rings is 1. The van der Waals surface area contributed by atoms with Crippen LogP contribution in [-0.2, 0) is 17.4 Å². The largest absolute Gasteiger partial charge is 0.417 e. The molecule has 0 spiro atoms. The molecule has 5 nitrogen and oxygen atoms in total. The molecule has 0 saturated carbocycles. The highest BCUT2D eigenvalue weighted by atomic mass is 35.5. The molecule has 3 N–H and O–H groups in total. The second kappa shape index (κ2) is 7.52. The molecule has 2 amide bonds. The number of alkyl halides is 3. The molecule has 9 heteroatoms. The number of aromatic nitrogens is 1. The zero-order valence-corrected chi connectivity index (χ0v) is 13.4. The van der Waals surface area contributed by atoms with E-state index in [1.54, 1.807) is 6.07 Å². The summed E-state index contributed by atoms with van der Waals surface area (Å²) in [5, 5.41) is 2.47. The van der Waals surface area contributed by atoms with E-state index in [4.69, 9.17) is 17.3 Å². The van der Waals surface area contributed by atoms with Crippen LogP contribution in [0.1, 0.15) is 21.5 Å². The van der Waals surface area contributed by atoms with Crippen molar-refractivity contribution in [1.82, 2.24) is 10.3 Å². The molecule has 1 heterocycles. The Morgan fingerprint density at radius 2 is 1.88 bits per heavy atom. The normalized spacial score (nSPS) is 12.5. The fourth-order valence-corrected chi connectivity index (χ4v) is 2.26. The molecule has 0 unspecified atom stereocenters. The molecule has 0 aliphatic heterocycles. The highest BCUT2D eigenvalue weighted by Gasteiger charge is 2.35. The minimum Gasteiger partial charge on any atom is -0.368 e. The van der Waals surface area contributed by atoms with Crippen LogP contribution in [0, 0.1) is 0 Å². The number of hydrogen-bond donors (Lipinski definition) is 2. The van der Waals surface area contributed by atoms with Gasteiger partial charge in [0, 0.05) is 12.6 Å². The second-order valence-electron chi connectivity index (χ2n) is 5.17. The predicted molar refractivity (Wildman–Crippen MR) is 84.8 cm³/mol. The van der Waals surface area contributed by atoms with Gasteiger partial charge in [-0.05, 0) is 23.8 Å². The number of hydrogen-bond acceptors (Lipinski definition) is 3. The number of nitrogens with one attached hydrogen (secondary N) is 1. The Balaban J connectivity index is 2.21. The summed E-state index contributed by atoms with van der Waals surface area (Å²) >= 11 is 5.66. The lowest BCUT2D eigenvalue weighted by atomic mass is 10.0. The van der Waals surface area contributed by atoms with Gasteiger partial charge in [0.1, 0.15) is 11.2 Å². The number of nitrogens with zero attached hydrogens (tertiary/aromatic N) is 1. The molecule has 0 radical (unpaired) electrons. The lowest BCUT2D eigenvalue weighted by molar-refractivity contribution is -0.137. The quantitative estimate of drug-likeness (QED) is 0.792. The summed E-state index contributed by atoms with van der Waals surface area (Å²) in [6.45, 7) is 0. The monoisotopic (exact) mass is 371 g/mol. The zero-order chi connectivity index (χ0) is 18.6. The van der Waals surface area contributed by atoms with Crippen molar-refractivity contribution < 1.29 is 22.8 Å². The van der Waals surface area contributed by atoms with Crippen molar-refractivity contribution in [2.45, 2.75) is 18.6 Å². The average molecular weight is 372 g/mol. The maximum atomic E-state index is 13.0. The van der Waals surface area contributed by atoms with Crippen molar-refractivity contribution in [2.75, 3.05) is 0 Å². The van der Waals surface area contributed by atoms with Gasteiger partial charge in [0.15, 0.2) is 0 Å². The smallest absolute Gasteiger partial charge is 0.368 e. The number of carbonyl (C=O) groups excluding carboxylic acids is 2. The third-order valence-electron chi connectivity index (χ3n) is 3.35. The molecular formula is C16H13ClF3N3O2. The first-order valence-electron chi connectivity index (χ1n) is 7.05. The third kappa shape index (κ3) is 4.93. The molecule has 0 fully saturated rings. The van der Waals surface area contributed by atoms with Gasteiger partial charge in [0.05, 0.1) is 11.1 Å². The maximum absolute atomic E-state index is 13.0. The molecule has 0 aliphatic carbocycles. The Labute approximate surface area is 146 Å². The lowest BCUT2D eigenvalue weighted by Crippen LogP contribution is -2.46. The average Bonchev–Trinajstić information content (AvgIpc) is 2.55. The molecule has 1 aromatic carbocycles. The van der Waals surface area contributed by atoms with Crippen LogP contribution in [-0.4, -0.2) is 22.8 Å². The molecule has 0 saturated heterocycles. The van der Waals surface area contributed by atoms with Crippen LogP contribution in [0.3, 0.4) is 0 Å². The summed E-state index contributed by atoms with van der Waals surface area (Å²) in [4.78, 5) is 27.6. The molecule has 2 rings (SSSR count). The molecule has 132 valence electrons. The Morgan fingerprint density at radius 1 is 1.20 bits per heavy atom. The Morgan fingerprint density at radius 3 is 2.44 bits per heavy atom. The third-order valence-corrected chi connectivity index (χ3v) is 3.58. The van der Waals surface area contributed by atoms with Gasteiger partial charge < -0.3 is 11.1 Å². The Hall–Kier alpha value is -2.61. The minimum atomic E-state index is -4.70. The second-order valence-corrected chi connectivity index (χ2v) is 5.55. The van der Waals surface area contributed by atoms with E-state index in [0.29, 0.717) is 5.56 Å². The van der Waals surface area contributed by atoms with Crippen molar-refractivity contribution in [3.63, 3.8) is 0 Å². The number of halogens is 4. The summed E-state index contributed by atoms with van der Waals surface area (Å²) in [5.41, 5.74) is 4.10. The number of amides is 2. The molecule has 1 aromatic heterocycles. The fraction of sp³-hybridized carbons (Fsp3) is 0.188. The van der Waals surface area contributed by atoms with Crippen LogP contribution < -0.4 is 11.1 Å². The summed E-state index contributed by atoms with van der Waals surface area (Å²) in [6, 6.07) is 6.14. The molecule has 0 bridgehead atoms. The fourth-order valence-electron chi connectivity index (χ4n) is 2.15. The summed E-state index contributed by atoms with van der Waals surface area (Å²) < 4.78 is 39.0. The van der Waals surface area contributed by atoms with Crippen LogP contribution in [0.25, 0.3) is 0 Å². The van der Waals surface area contributed by atoms with Gasteiger partial charge in [-0.2, -0.15) is 13.2 Å². The van der Waals surface area contributed by atoms with Crippen LogP contribution >= 0.6 is 11.6 Å². The number of rotatable bonds is 5. The summed E-state index contributed by atoms with van der Waals surface area (Å²) in [7, 11) is 0. The zero-order valence-electron chi connectivity index (χ0n) is 12.7. The molecular weight excluding hydrogens is 359 g/mol. The van der Waals surface area contributed by atoms with E-state index in [1.807, 2.05) is 0 Å².